The smallest absolute Gasteiger partial charge is 0.131 e. The number of hydrogen-bond donors (Lipinski definition) is 1. The van der Waals surface area contributed by atoms with Gasteiger partial charge >= 0.3 is 0 Å². The summed E-state index contributed by atoms with van der Waals surface area (Å²) < 4.78 is 13.4. The van der Waals surface area contributed by atoms with Crippen LogP contribution < -0.4 is 0 Å². The molecular formula is C12H9FO. The zero-order chi connectivity index (χ0) is 9.71. The minimum absolute atomic E-state index is 0.209. The van der Waals surface area contributed by atoms with Crippen LogP contribution in [0.15, 0.2) is 30.3 Å². The van der Waals surface area contributed by atoms with Crippen molar-refractivity contribution in [2.45, 2.75) is 12.5 Å². The normalized spacial score (nSPS) is 19.1. The van der Waals surface area contributed by atoms with Gasteiger partial charge in [0.25, 0.3) is 0 Å². The lowest BCUT2D eigenvalue weighted by molar-refractivity contribution is 0.185. The van der Waals surface area contributed by atoms with Gasteiger partial charge in [-0.15, -0.1) is 0 Å². The van der Waals surface area contributed by atoms with Gasteiger partial charge in [-0.2, -0.15) is 0 Å². The van der Waals surface area contributed by atoms with Crippen LogP contribution in [0.3, 0.4) is 0 Å². The highest BCUT2D eigenvalue weighted by atomic mass is 19.1. The minimum atomic E-state index is -0.463. The summed E-state index contributed by atoms with van der Waals surface area (Å²) >= 11 is 0. The third-order valence-corrected chi connectivity index (χ3v) is 2.88. The standard InChI is InChI=1S/C12H9FO/c13-10-5-4-7-6-11(14)9-3-1-2-8(10)12(7)9/h1-5,11,14H,6H2. The predicted octanol–water partition coefficient (Wildman–Crippen LogP) is 2.57. The molecule has 1 unspecified atom stereocenters. The van der Waals surface area contributed by atoms with Crippen molar-refractivity contribution < 1.29 is 9.50 Å². The highest BCUT2D eigenvalue weighted by Gasteiger charge is 2.22. The number of aliphatic hydroxyl groups is 1. The minimum Gasteiger partial charge on any atom is -0.388 e. The third-order valence-electron chi connectivity index (χ3n) is 2.88. The summed E-state index contributed by atoms with van der Waals surface area (Å²) in [6.07, 6.45) is 0.145. The van der Waals surface area contributed by atoms with E-state index in [2.05, 4.69) is 0 Å². The average molecular weight is 188 g/mol. The molecule has 0 saturated carbocycles. The molecule has 1 N–H and O–H groups in total. The summed E-state index contributed by atoms with van der Waals surface area (Å²) in [5.41, 5.74) is 1.90. The van der Waals surface area contributed by atoms with Crippen molar-refractivity contribution in [1.29, 1.82) is 0 Å². The van der Waals surface area contributed by atoms with Crippen LogP contribution in [-0.4, -0.2) is 5.11 Å². The zero-order valence-electron chi connectivity index (χ0n) is 7.50. The van der Waals surface area contributed by atoms with Crippen LogP contribution in [0.1, 0.15) is 17.2 Å². The third kappa shape index (κ3) is 0.863. The molecule has 70 valence electrons. The molecule has 3 rings (SSSR count). The quantitative estimate of drug-likeness (QED) is 0.673. The van der Waals surface area contributed by atoms with E-state index in [4.69, 9.17) is 0 Å². The molecule has 2 heteroatoms. The maximum absolute atomic E-state index is 13.4. The Morgan fingerprint density at radius 1 is 1.21 bits per heavy atom. The van der Waals surface area contributed by atoms with Gasteiger partial charge in [-0.1, -0.05) is 24.3 Å². The Morgan fingerprint density at radius 2 is 2.07 bits per heavy atom. The number of hydrogen-bond acceptors (Lipinski definition) is 1. The second-order valence-electron chi connectivity index (χ2n) is 3.70. The van der Waals surface area contributed by atoms with Crippen molar-refractivity contribution in [2.75, 3.05) is 0 Å². The molecule has 1 nitrogen and oxygen atoms in total. The van der Waals surface area contributed by atoms with E-state index in [1.54, 1.807) is 18.2 Å². The topological polar surface area (TPSA) is 20.2 Å². The van der Waals surface area contributed by atoms with Crippen molar-refractivity contribution in [2.24, 2.45) is 0 Å². The Morgan fingerprint density at radius 3 is 2.93 bits per heavy atom. The van der Waals surface area contributed by atoms with E-state index in [1.165, 1.54) is 6.07 Å². The molecule has 1 aliphatic rings. The van der Waals surface area contributed by atoms with Crippen LogP contribution in [0.4, 0.5) is 4.39 Å². The summed E-state index contributed by atoms with van der Waals surface area (Å²) in [6.45, 7) is 0. The van der Waals surface area contributed by atoms with Gasteiger partial charge in [-0.05, 0) is 22.6 Å². The molecule has 1 aliphatic carbocycles. The van der Waals surface area contributed by atoms with E-state index in [0.717, 1.165) is 16.5 Å². The van der Waals surface area contributed by atoms with Gasteiger partial charge in [0.05, 0.1) is 6.10 Å². The van der Waals surface area contributed by atoms with Crippen molar-refractivity contribution in [3.8, 4) is 0 Å². The Hall–Kier alpha value is -1.41. The fraction of sp³-hybridized carbons (Fsp3) is 0.167. The molecule has 2 aromatic carbocycles. The van der Waals surface area contributed by atoms with Crippen molar-refractivity contribution in [3.05, 3.63) is 47.3 Å². The van der Waals surface area contributed by atoms with Crippen LogP contribution in [0.5, 0.6) is 0 Å². The molecule has 0 fully saturated rings. The van der Waals surface area contributed by atoms with Gasteiger partial charge in [0, 0.05) is 11.8 Å². The number of benzene rings is 2. The highest BCUT2D eigenvalue weighted by molar-refractivity contribution is 5.91. The van der Waals surface area contributed by atoms with Crippen LogP contribution in [0.2, 0.25) is 0 Å². The second kappa shape index (κ2) is 2.55. The van der Waals surface area contributed by atoms with Crippen molar-refractivity contribution >= 4 is 10.8 Å². The fourth-order valence-electron chi connectivity index (χ4n) is 2.24. The first-order chi connectivity index (χ1) is 6.77. The first-order valence-corrected chi connectivity index (χ1v) is 4.65. The van der Waals surface area contributed by atoms with E-state index in [1.807, 2.05) is 6.07 Å². The monoisotopic (exact) mass is 188 g/mol. The Balaban J connectivity index is 2.52. The summed E-state index contributed by atoms with van der Waals surface area (Å²) in [5.74, 6) is -0.209. The maximum Gasteiger partial charge on any atom is 0.131 e. The van der Waals surface area contributed by atoms with E-state index < -0.39 is 6.10 Å². The second-order valence-corrected chi connectivity index (χ2v) is 3.70. The maximum atomic E-state index is 13.4. The van der Waals surface area contributed by atoms with E-state index >= 15 is 0 Å². The molecule has 0 bridgehead atoms. The summed E-state index contributed by atoms with van der Waals surface area (Å²) in [5, 5.41) is 11.3. The van der Waals surface area contributed by atoms with Gasteiger partial charge in [0.1, 0.15) is 5.82 Å². The van der Waals surface area contributed by atoms with E-state index in [-0.39, 0.29) is 5.82 Å². The molecule has 0 saturated heterocycles. The molecule has 2 aromatic rings. The molecular weight excluding hydrogens is 179 g/mol. The molecule has 0 aliphatic heterocycles. The molecule has 0 heterocycles. The lowest BCUT2D eigenvalue weighted by atomic mass is 10.0. The predicted molar refractivity (Wildman–Crippen MR) is 52.6 cm³/mol. The van der Waals surface area contributed by atoms with Crippen molar-refractivity contribution in [1.82, 2.24) is 0 Å². The van der Waals surface area contributed by atoms with E-state index in [0.29, 0.717) is 11.8 Å². The van der Waals surface area contributed by atoms with Gasteiger partial charge in [0.15, 0.2) is 0 Å². The largest absolute Gasteiger partial charge is 0.388 e. The van der Waals surface area contributed by atoms with Gasteiger partial charge in [-0.3, -0.25) is 0 Å². The number of aliphatic hydroxyl groups excluding tert-OH is 1. The number of rotatable bonds is 0. The van der Waals surface area contributed by atoms with Gasteiger partial charge in [0.2, 0.25) is 0 Å². The SMILES string of the molecule is OC1Cc2ccc(F)c3cccc1c23. The van der Waals surface area contributed by atoms with Crippen LogP contribution >= 0.6 is 0 Å². The van der Waals surface area contributed by atoms with Crippen LogP contribution in [-0.2, 0) is 6.42 Å². The van der Waals surface area contributed by atoms with Crippen molar-refractivity contribution in [3.63, 3.8) is 0 Å². The zero-order valence-corrected chi connectivity index (χ0v) is 7.50. The highest BCUT2D eigenvalue weighted by Crippen LogP contribution is 2.37. The molecule has 0 aromatic heterocycles. The molecule has 0 amide bonds. The lowest BCUT2D eigenvalue weighted by Crippen LogP contribution is -1.91. The van der Waals surface area contributed by atoms with Crippen LogP contribution in [0, 0.1) is 5.82 Å². The Labute approximate surface area is 80.8 Å². The molecule has 14 heavy (non-hydrogen) atoms. The summed E-state index contributed by atoms with van der Waals surface area (Å²) in [4.78, 5) is 0. The average Bonchev–Trinajstić information content (AvgIpc) is 2.52. The number of halogens is 1. The first kappa shape index (κ1) is 7.94. The summed E-state index contributed by atoms with van der Waals surface area (Å²) in [7, 11) is 0. The molecule has 0 spiro atoms. The Kier molecular flexibility index (Phi) is 1.45. The molecule has 1 atom stereocenters. The fourth-order valence-corrected chi connectivity index (χ4v) is 2.24. The first-order valence-electron chi connectivity index (χ1n) is 4.65. The van der Waals surface area contributed by atoms with Crippen LogP contribution in [0.25, 0.3) is 10.8 Å². The molecule has 0 radical (unpaired) electrons. The lowest BCUT2D eigenvalue weighted by Gasteiger charge is -2.03. The van der Waals surface area contributed by atoms with Gasteiger partial charge < -0.3 is 5.11 Å². The van der Waals surface area contributed by atoms with E-state index in [9.17, 15) is 9.50 Å². The summed E-state index contributed by atoms with van der Waals surface area (Å²) in [6, 6.07) is 8.65. The van der Waals surface area contributed by atoms with Gasteiger partial charge in [-0.25, -0.2) is 4.39 Å². The Bertz CT molecular complexity index is 519.